The topological polar surface area (TPSA) is 66.8 Å². The summed E-state index contributed by atoms with van der Waals surface area (Å²) in [6.07, 6.45) is 8.92. The van der Waals surface area contributed by atoms with E-state index in [2.05, 4.69) is 15.1 Å². The van der Waals surface area contributed by atoms with E-state index in [-0.39, 0.29) is 5.91 Å². The Balaban J connectivity index is 1.62. The van der Waals surface area contributed by atoms with Crippen molar-refractivity contribution in [1.82, 2.24) is 24.6 Å². The zero-order chi connectivity index (χ0) is 12.4. The van der Waals surface area contributed by atoms with Gasteiger partial charge in [-0.1, -0.05) is 0 Å². The first kappa shape index (κ1) is 11.0. The van der Waals surface area contributed by atoms with Crippen LogP contribution in [0.3, 0.4) is 0 Å². The van der Waals surface area contributed by atoms with E-state index in [0.717, 1.165) is 25.9 Å². The molecule has 0 aliphatic carbocycles. The molecule has 1 fully saturated rings. The number of rotatable bonds is 2. The molecule has 3 rings (SSSR count). The van der Waals surface area contributed by atoms with Crippen LogP contribution < -0.4 is 0 Å². The average Bonchev–Trinajstić information content (AvgIpc) is 3.11. The van der Waals surface area contributed by atoms with Crippen molar-refractivity contribution in [2.24, 2.45) is 0 Å². The predicted octanol–water partition coefficient (Wildman–Crippen LogP) is 1.08. The standard InChI is InChI=1S/C12H15N5O/c18-12(11-13-5-6-14-11)16-8-2-10(3-9-16)17-7-1-4-15-17/h1,4-7,10H,2-3,8-9H2,(H,13,14). The molecular weight excluding hydrogens is 230 g/mol. The van der Waals surface area contributed by atoms with Crippen LogP contribution in [0.2, 0.25) is 0 Å². The third-order valence-corrected chi connectivity index (χ3v) is 3.35. The molecule has 1 saturated heterocycles. The van der Waals surface area contributed by atoms with Gasteiger partial charge in [0.2, 0.25) is 0 Å². The number of imidazole rings is 1. The number of H-pyrrole nitrogens is 1. The molecule has 0 aromatic carbocycles. The highest BCUT2D eigenvalue weighted by Crippen LogP contribution is 2.22. The molecule has 0 unspecified atom stereocenters. The Labute approximate surface area is 105 Å². The van der Waals surface area contributed by atoms with E-state index >= 15 is 0 Å². The van der Waals surface area contributed by atoms with Crippen molar-refractivity contribution >= 4 is 5.91 Å². The fourth-order valence-corrected chi connectivity index (χ4v) is 2.36. The molecular formula is C12H15N5O. The van der Waals surface area contributed by atoms with Crippen molar-refractivity contribution in [2.75, 3.05) is 13.1 Å². The number of piperidine rings is 1. The normalized spacial score (nSPS) is 17.0. The van der Waals surface area contributed by atoms with E-state index < -0.39 is 0 Å². The first-order chi connectivity index (χ1) is 8.84. The van der Waals surface area contributed by atoms with E-state index in [1.165, 1.54) is 0 Å². The number of hydrogen-bond acceptors (Lipinski definition) is 3. The number of carbonyl (C=O) groups is 1. The van der Waals surface area contributed by atoms with Crippen molar-refractivity contribution in [3.8, 4) is 0 Å². The van der Waals surface area contributed by atoms with Crippen LogP contribution in [0.25, 0.3) is 0 Å². The fraction of sp³-hybridized carbons (Fsp3) is 0.417. The van der Waals surface area contributed by atoms with Gasteiger partial charge >= 0.3 is 0 Å². The van der Waals surface area contributed by atoms with Gasteiger partial charge < -0.3 is 9.88 Å². The fourth-order valence-electron chi connectivity index (χ4n) is 2.36. The van der Waals surface area contributed by atoms with Crippen molar-refractivity contribution in [3.63, 3.8) is 0 Å². The Hall–Kier alpha value is -2.11. The lowest BCUT2D eigenvalue weighted by atomic mass is 10.1. The summed E-state index contributed by atoms with van der Waals surface area (Å²) in [6, 6.07) is 2.33. The van der Waals surface area contributed by atoms with Gasteiger partial charge in [0.1, 0.15) is 0 Å². The average molecular weight is 245 g/mol. The zero-order valence-electron chi connectivity index (χ0n) is 9.99. The summed E-state index contributed by atoms with van der Waals surface area (Å²) >= 11 is 0. The largest absolute Gasteiger partial charge is 0.341 e. The van der Waals surface area contributed by atoms with E-state index in [9.17, 15) is 4.79 Å². The van der Waals surface area contributed by atoms with Gasteiger partial charge in [0.15, 0.2) is 5.82 Å². The maximum Gasteiger partial charge on any atom is 0.289 e. The number of likely N-dealkylation sites (tertiary alicyclic amines) is 1. The van der Waals surface area contributed by atoms with Crippen molar-refractivity contribution in [2.45, 2.75) is 18.9 Å². The van der Waals surface area contributed by atoms with Crippen LogP contribution in [0.5, 0.6) is 0 Å². The van der Waals surface area contributed by atoms with Crippen molar-refractivity contribution in [1.29, 1.82) is 0 Å². The monoisotopic (exact) mass is 245 g/mol. The molecule has 6 heteroatoms. The van der Waals surface area contributed by atoms with E-state index in [0.29, 0.717) is 11.9 Å². The molecule has 0 saturated carbocycles. The first-order valence-corrected chi connectivity index (χ1v) is 6.12. The van der Waals surface area contributed by atoms with Gasteiger partial charge in [-0.3, -0.25) is 9.48 Å². The summed E-state index contributed by atoms with van der Waals surface area (Å²) < 4.78 is 1.98. The van der Waals surface area contributed by atoms with Gasteiger partial charge in [-0.25, -0.2) is 4.98 Å². The summed E-state index contributed by atoms with van der Waals surface area (Å²) in [4.78, 5) is 20.8. The van der Waals surface area contributed by atoms with Gasteiger partial charge in [0, 0.05) is 37.9 Å². The molecule has 0 atom stereocenters. The van der Waals surface area contributed by atoms with Gasteiger partial charge in [-0.15, -0.1) is 0 Å². The van der Waals surface area contributed by atoms with Crippen LogP contribution in [0.4, 0.5) is 0 Å². The summed E-state index contributed by atoms with van der Waals surface area (Å²) in [5.41, 5.74) is 0. The molecule has 1 aliphatic rings. The quantitative estimate of drug-likeness (QED) is 0.861. The van der Waals surface area contributed by atoms with Crippen molar-refractivity contribution in [3.05, 3.63) is 36.7 Å². The molecule has 2 aromatic rings. The van der Waals surface area contributed by atoms with Crippen LogP contribution in [0.15, 0.2) is 30.9 Å². The number of carbonyl (C=O) groups excluding carboxylic acids is 1. The van der Waals surface area contributed by atoms with E-state index in [4.69, 9.17) is 0 Å². The Bertz CT molecular complexity index is 497. The smallest absolute Gasteiger partial charge is 0.289 e. The maximum absolute atomic E-state index is 12.1. The number of aromatic nitrogens is 4. The van der Waals surface area contributed by atoms with Gasteiger partial charge in [0.05, 0.1) is 6.04 Å². The Kier molecular flexibility index (Phi) is 2.84. The van der Waals surface area contributed by atoms with E-state index in [1.54, 1.807) is 18.6 Å². The Morgan fingerprint density at radius 2 is 2.17 bits per heavy atom. The molecule has 1 N–H and O–H groups in total. The van der Waals surface area contributed by atoms with Crippen LogP contribution in [-0.4, -0.2) is 43.6 Å². The summed E-state index contributed by atoms with van der Waals surface area (Å²) in [7, 11) is 0. The molecule has 0 spiro atoms. The molecule has 1 amide bonds. The second-order valence-electron chi connectivity index (χ2n) is 4.45. The SMILES string of the molecule is O=C(c1ncc[nH]1)N1CCC(n2cccn2)CC1. The first-order valence-electron chi connectivity index (χ1n) is 6.12. The molecule has 1 aliphatic heterocycles. The van der Waals surface area contributed by atoms with Gasteiger partial charge in [-0.2, -0.15) is 5.10 Å². The molecule has 94 valence electrons. The van der Waals surface area contributed by atoms with E-state index in [1.807, 2.05) is 21.8 Å². The van der Waals surface area contributed by atoms with Crippen LogP contribution >= 0.6 is 0 Å². The Morgan fingerprint density at radius 3 is 2.78 bits per heavy atom. The van der Waals surface area contributed by atoms with Gasteiger partial charge in [-0.05, 0) is 18.9 Å². The molecule has 0 bridgehead atoms. The Morgan fingerprint density at radius 1 is 1.33 bits per heavy atom. The number of nitrogens with one attached hydrogen (secondary N) is 1. The third-order valence-electron chi connectivity index (χ3n) is 3.35. The predicted molar refractivity (Wildman–Crippen MR) is 65.0 cm³/mol. The van der Waals surface area contributed by atoms with Crippen LogP contribution in [0.1, 0.15) is 29.5 Å². The molecule has 2 aromatic heterocycles. The minimum atomic E-state index is -0.0149. The second kappa shape index (κ2) is 4.64. The third kappa shape index (κ3) is 2.01. The highest BCUT2D eigenvalue weighted by atomic mass is 16.2. The lowest BCUT2D eigenvalue weighted by molar-refractivity contribution is 0.0678. The lowest BCUT2D eigenvalue weighted by Gasteiger charge is -2.31. The number of hydrogen-bond donors (Lipinski definition) is 1. The zero-order valence-corrected chi connectivity index (χ0v) is 9.99. The summed E-state index contributed by atoms with van der Waals surface area (Å²) in [5.74, 6) is 0.409. The second-order valence-corrected chi connectivity index (χ2v) is 4.45. The number of aromatic amines is 1. The lowest BCUT2D eigenvalue weighted by Crippen LogP contribution is -2.39. The minimum Gasteiger partial charge on any atom is -0.341 e. The highest BCUT2D eigenvalue weighted by Gasteiger charge is 2.25. The van der Waals surface area contributed by atoms with Crippen molar-refractivity contribution < 1.29 is 4.79 Å². The number of amides is 1. The summed E-state index contributed by atoms with van der Waals surface area (Å²) in [6.45, 7) is 1.51. The highest BCUT2D eigenvalue weighted by molar-refractivity contribution is 5.90. The minimum absolute atomic E-state index is 0.0149. The maximum atomic E-state index is 12.1. The molecule has 6 nitrogen and oxygen atoms in total. The summed E-state index contributed by atoms with van der Waals surface area (Å²) in [5, 5.41) is 4.25. The van der Waals surface area contributed by atoms with Crippen LogP contribution in [0, 0.1) is 0 Å². The molecule has 18 heavy (non-hydrogen) atoms. The number of nitrogens with zero attached hydrogens (tertiary/aromatic N) is 4. The van der Waals surface area contributed by atoms with Gasteiger partial charge in [0.25, 0.3) is 5.91 Å². The molecule has 0 radical (unpaired) electrons. The van der Waals surface area contributed by atoms with Crippen LogP contribution in [-0.2, 0) is 0 Å². The molecule has 3 heterocycles.